The fourth-order valence-electron chi connectivity index (χ4n) is 3.57. The first-order valence-corrected chi connectivity index (χ1v) is 7.98. The van der Waals surface area contributed by atoms with Crippen LogP contribution in [0.1, 0.15) is 49.7 Å². The quantitative estimate of drug-likeness (QED) is 0.782. The van der Waals surface area contributed by atoms with Gasteiger partial charge in [0.05, 0.1) is 0 Å². The van der Waals surface area contributed by atoms with Crippen LogP contribution in [0, 0.1) is 6.92 Å². The van der Waals surface area contributed by atoms with Crippen LogP contribution in [0.2, 0.25) is 0 Å². The van der Waals surface area contributed by atoms with Gasteiger partial charge in [-0.1, -0.05) is 25.1 Å². The third-order valence-corrected chi connectivity index (χ3v) is 5.00. The molecule has 0 aromatic heterocycles. The summed E-state index contributed by atoms with van der Waals surface area (Å²) < 4.78 is 0. The van der Waals surface area contributed by atoms with Crippen LogP contribution in [-0.2, 0) is 4.79 Å². The Bertz CT molecular complexity index is 535. The highest BCUT2D eigenvalue weighted by Gasteiger charge is 2.35. The first-order valence-electron chi connectivity index (χ1n) is 7.98. The van der Waals surface area contributed by atoms with Gasteiger partial charge in [0.2, 0.25) is 5.91 Å². The van der Waals surface area contributed by atoms with Gasteiger partial charge in [-0.2, -0.15) is 0 Å². The predicted octanol–water partition coefficient (Wildman–Crippen LogP) is 2.28. The number of para-hydroxylation sites is 1. The highest BCUT2D eigenvalue weighted by Crippen LogP contribution is 2.37. The van der Waals surface area contributed by atoms with Gasteiger partial charge in [-0.3, -0.25) is 4.79 Å². The van der Waals surface area contributed by atoms with Gasteiger partial charge in [-0.15, -0.1) is 0 Å². The van der Waals surface area contributed by atoms with E-state index in [1.807, 2.05) is 0 Å². The number of fused-ring (bicyclic) bond motifs is 1. The molecule has 1 saturated carbocycles. The Morgan fingerprint density at radius 1 is 1.29 bits per heavy atom. The fraction of sp³-hybridized carbons (Fsp3) is 0.588. The summed E-state index contributed by atoms with van der Waals surface area (Å²) in [6.45, 7) is 4.21. The first kappa shape index (κ1) is 14.4. The maximum atomic E-state index is 12.6. The summed E-state index contributed by atoms with van der Waals surface area (Å²) in [5.41, 5.74) is 9.51. The number of nitrogens with one attached hydrogen (secondary N) is 2. The minimum atomic E-state index is -0.156. The van der Waals surface area contributed by atoms with Crippen molar-refractivity contribution in [1.82, 2.24) is 5.32 Å². The van der Waals surface area contributed by atoms with Gasteiger partial charge in [0.1, 0.15) is 6.04 Å². The zero-order valence-electron chi connectivity index (χ0n) is 12.9. The third-order valence-electron chi connectivity index (χ3n) is 5.00. The van der Waals surface area contributed by atoms with E-state index in [4.69, 9.17) is 5.73 Å². The van der Waals surface area contributed by atoms with E-state index in [0.717, 1.165) is 31.4 Å². The van der Waals surface area contributed by atoms with Gasteiger partial charge in [0.25, 0.3) is 0 Å². The Kier molecular flexibility index (Phi) is 3.89. The maximum absolute atomic E-state index is 12.6. The number of benzene rings is 1. The Labute approximate surface area is 126 Å². The Morgan fingerprint density at radius 3 is 2.67 bits per heavy atom. The number of anilines is 1. The molecular weight excluding hydrogens is 262 g/mol. The second-order valence-corrected chi connectivity index (χ2v) is 6.57. The van der Waals surface area contributed by atoms with E-state index in [9.17, 15) is 4.79 Å². The smallest absolute Gasteiger partial charge is 0.243 e. The Hall–Kier alpha value is -1.55. The molecule has 1 aliphatic heterocycles. The van der Waals surface area contributed by atoms with E-state index in [1.54, 1.807) is 0 Å². The molecule has 2 aliphatic rings. The van der Waals surface area contributed by atoms with Crippen LogP contribution >= 0.6 is 0 Å². The zero-order valence-corrected chi connectivity index (χ0v) is 12.9. The standard InChI is InChI=1S/C17H25N3O/c1-10-4-3-5-14-11(2)16(20-15(10)14)17(21)19-13-8-6-12(18)7-9-13/h3-5,11-13,16,20H,6-9,18H2,1-2H3,(H,19,21). The molecule has 0 radical (unpaired) electrons. The van der Waals surface area contributed by atoms with Crippen LogP contribution in [0.15, 0.2) is 18.2 Å². The number of amides is 1. The molecule has 2 unspecified atom stereocenters. The molecule has 3 rings (SSSR count). The van der Waals surface area contributed by atoms with Crippen molar-refractivity contribution in [2.24, 2.45) is 5.73 Å². The van der Waals surface area contributed by atoms with E-state index < -0.39 is 0 Å². The Balaban J connectivity index is 1.66. The lowest BCUT2D eigenvalue weighted by Gasteiger charge is -2.28. The maximum Gasteiger partial charge on any atom is 0.243 e. The van der Waals surface area contributed by atoms with Crippen LogP contribution < -0.4 is 16.4 Å². The van der Waals surface area contributed by atoms with E-state index >= 15 is 0 Å². The second kappa shape index (κ2) is 5.68. The predicted molar refractivity (Wildman–Crippen MR) is 85.4 cm³/mol. The molecule has 4 N–H and O–H groups in total. The molecule has 0 spiro atoms. The fourth-order valence-corrected chi connectivity index (χ4v) is 3.57. The minimum Gasteiger partial charge on any atom is -0.373 e. The summed E-state index contributed by atoms with van der Waals surface area (Å²) >= 11 is 0. The Morgan fingerprint density at radius 2 is 2.00 bits per heavy atom. The average Bonchev–Trinajstić information content (AvgIpc) is 2.81. The number of nitrogens with two attached hydrogens (primary N) is 1. The molecule has 1 heterocycles. The van der Waals surface area contributed by atoms with Gasteiger partial charge < -0.3 is 16.4 Å². The first-order chi connectivity index (χ1) is 10.1. The average molecular weight is 287 g/mol. The van der Waals surface area contributed by atoms with Crippen LogP contribution in [0.5, 0.6) is 0 Å². The van der Waals surface area contributed by atoms with Crippen molar-refractivity contribution in [1.29, 1.82) is 0 Å². The largest absolute Gasteiger partial charge is 0.373 e. The lowest BCUT2D eigenvalue weighted by Crippen LogP contribution is -2.47. The third kappa shape index (κ3) is 2.77. The molecule has 0 bridgehead atoms. The molecule has 1 aromatic carbocycles. The minimum absolute atomic E-state index is 0.124. The lowest BCUT2D eigenvalue weighted by atomic mass is 9.91. The highest BCUT2D eigenvalue weighted by atomic mass is 16.2. The van der Waals surface area contributed by atoms with Crippen LogP contribution in [0.25, 0.3) is 0 Å². The summed E-state index contributed by atoms with van der Waals surface area (Å²) in [7, 11) is 0. The van der Waals surface area contributed by atoms with Crippen molar-refractivity contribution < 1.29 is 4.79 Å². The number of carbonyl (C=O) groups is 1. The molecule has 0 saturated heterocycles. The number of carbonyl (C=O) groups excluding carboxylic acids is 1. The van der Waals surface area contributed by atoms with Crippen molar-refractivity contribution in [2.45, 2.75) is 63.6 Å². The molecule has 1 aromatic rings. The summed E-state index contributed by atoms with van der Waals surface area (Å²) in [6.07, 6.45) is 4.02. The number of rotatable bonds is 2. The highest BCUT2D eigenvalue weighted by molar-refractivity contribution is 5.89. The van der Waals surface area contributed by atoms with Gasteiger partial charge >= 0.3 is 0 Å². The molecule has 1 amide bonds. The summed E-state index contributed by atoms with van der Waals surface area (Å²) in [5.74, 6) is 0.337. The summed E-state index contributed by atoms with van der Waals surface area (Å²) in [6, 6.07) is 6.71. The van der Waals surface area contributed by atoms with E-state index in [1.165, 1.54) is 11.1 Å². The normalized spacial score (nSPS) is 31.4. The van der Waals surface area contributed by atoms with Gasteiger partial charge in [-0.05, 0) is 43.7 Å². The van der Waals surface area contributed by atoms with Crippen LogP contribution in [-0.4, -0.2) is 24.0 Å². The molecule has 4 heteroatoms. The monoisotopic (exact) mass is 287 g/mol. The van der Waals surface area contributed by atoms with Crippen molar-refractivity contribution in [3.63, 3.8) is 0 Å². The van der Waals surface area contributed by atoms with Crippen molar-refractivity contribution in [3.05, 3.63) is 29.3 Å². The van der Waals surface area contributed by atoms with Gasteiger partial charge in [-0.25, -0.2) is 0 Å². The van der Waals surface area contributed by atoms with Crippen molar-refractivity contribution in [3.8, 4) is 0 Å². The van der Waals surface area contributed by atoms with Crippen LogP contribution in [0.4, 0.5) is 5.69 Å². The number of aryl methyl sites for hydroxylation is 1. The molecule has 2 atom stereocenters. The molecule has 4 nitrogen and oxygen atoms in total. The van der Waals surface area contributed by atoms with Crippen molar-refractivity contribution in [2.75, 3.05) is 5.32 Å². The number of hydrogen-bond acceptors (Lipinski definition) is 3. The van der Waals surface area contributed by atoms with Crippen LogP contribution in [0.3, 0.4) is 0 Å². The molecule has 114 valence electrons. The van der Waals surface area contributed by atoms with E-state index in [-0.39, 0.29) is 23.9 Å². The van der Waals surface area contributed by atoms with E-state index in [2.05, 4.69) is 42.7 Å². The van der Waals surface area contributed by atoms with Gasteiger partial charge in [0.15, 0.2) is 0 Å². The van der Waals surface area contributed by atoms with Crippen molar-refractivity contribution >= 4 is 11.6 Å². The lowest BCUT2D eigenvalue weighted by molar-refractivity contribution is -0.123. The molecule has 21 heavy (non-hydrogen) atoms. The molecule has 1 aliphatic carbocycles. The zero-order chi connectivity index (χ0) is 15.0. The summed E-state index contributed by atoms with van der Waals surface area (Å²) in [4.78, 5) is 12.6. The van der Waals surface area contributed by atoms with E-state index in [0.29, 0.717) is 6.04 Å². The summed E-state index contributed by atoms with van der Waals surface area (Å²) in [5, 5.41) is 6.62. The molecular formula is C17H25N3O. The molecule has 1 fully saturated rings. The second-order valence-electron chi connectivity index (χ2n) is 6.57. The number of hydrogen-bond donors (Lipinski definition) is 3. The SMILES string of the molecule is Cc1cccc2c1NC(C(=O)NC1CCC(N)CC1)C2C. The van der Waals surface area contributed by atoms with Gasteiger partial charge in [0, 0.05) is 23.7 Å². The topological polar surface area (TPSA) is 67.2 Å².